The molecule has 1 aliphatic heterocycles. The number of dihydropyridines is 1. The number of hydrogen-bond donors (Lipinski definition) is 3. The summed E-state index contributed by atoms with van der Waals surface area (Å²) in [4.78, 5) is 18.2. The monoisotopic (exact) mass is 390 g/mol. The van der Waals surface area contributed by atoms with Gasteiger partial charge in [-0.2, -0.15) is 0 Å². The molecular weight excluding hydrogens is 368 g/mol. The van der Waals surface area contributed by atoms with Gasteiger partial charge >= 0.3 is 0 Å². The van der Waals surface area contributed by atoms with E-state index in [9.17, 15) is 4.79 Å². The van der Waals surface area contributed by atoms with Gasteiger partial charge in [0, 0.05) is 34.6 Å². The number of rotatable bonds is 6. The fraction of sp³-hybridized carbons (Fsp3) is 0.136. The number of hydrogen-bond acceptors (Lipinski definition) is 5. The SMILES string of the molecule is CNC(=O)c1ccccc1Sc1ccc(C(=N)/C=C/C2=NCCC=C2)c(N)c1. The van der Waals surface area contributed by atoms with E-state index < -0.39 is 0 Å². The lowest BCUT2D eigenvalue weighted by molar-refractivity contribution is 0.0960. The lowest BCUT2D eigenvalue weighted by atomic mass is 10.1. The lowest BCUT2D eigenvalue weighted by Crippen LogP contribution is -2.18. The van der Waals surface area contributed by atoms with Crippen molar-refractivity contribution in [1.82, 2.24) is 5.32 Å². The van der Waals surface area contributed by atoms with Gasteiger partial charge in [0.15, 0.2) is 0 Å². The molecule has 0 spiro atoms. The van der Waals surface area contributed by atoms with Crippen molar-refractivity contribution in [2.75, 3.05) is 19.3 Å². The number of nitrogens with zero attached hydrogens (tertiary/aromatic N) is 1. The van der Waals surface area contributed by atoms with Crippen LogP contribution in [0.4, 0.5) is 5.69 Å². The third-order valence-corrected chi connectivity index (χ3v) is 5.26. The molecule has 2 aromatic carbocycles. The van der Waals surface area contributed by atoms with E-state index in [1.54, 1.807) is 19.2 Å². The number of nitrogens with two attached hydrogens (primary N) is 1. The van der Waals surface area contributed by atoms with E-state index in [1.165, 1.54) is 11.8 Å². The number of carbonyl (C=O) groups is 1. The first-order valence-corrected chi connectivity index (χ1v) is 9.76. The van der Waals surface area contributed by atoms with E-state index in [1.807, 2.05) is 48.6 Å². The minimum Gasteiger partial charge on any atom is -0.398 e. The number of anilines is 1. The molecule has 0 radical (unpaired) electrons. The Bertz CT molecular complexity index is 992. The van der Waals surface area contributed by atoms with E-state index in [0.29, 0.717) is 22.5 Å². The molecule has 0 aromatic heterocycles. The highest BCUT2D eigenvalue weighted by Gasteiger charge is 2.12. The largest absolute Gasteiger partial charge is 0.398 e. The van der Waals surface area contributed by atoms with Crippen LogP contribution in [0.25, 0.3) is 0 Å². The van der Waals surface area contributed by atoms with Crippen LogP contribution in [0.2, 0.25) is 0 Å². The second kappa shape index (κ2) is 9.19. The lowest BCUT2D eigenvalue weighted by Gasteiger charge is -2.10. The summed E-state index contributed by atoms with van der Waals surface area (Å²) >= 11 is 1.47. The van der Waals surface area contributed by atoms with Gasteiger partial charge in [0.25, 0.3) is 5.91 Å². The molecule has 3 rings (SSSR count). The fourth-order valence-electron chi connectivity index (χ4n) is 2.75. The third-order valence-electron chi connectivity index (χ3n) is 4.20. The molecule has 0 bridgehead atoms. The molecule has 28 heavy (non-hydrogen) atoms. The maximum absolute atomic E-state index is 12.0. The second-order valence-electron chi connectivity index (χ2n) is 6.17. The molecule has 2 aromatic rings. The molecule has 6 heteroatoms. The number of amides is 1. The van der Waals surface area contributed by atoms with Crippen LogP contribution in [0.1, 0.15) is 22.3 Å². The number of carbonyl (C=O) groups excluding carboxylic acids is 1. The van der Waals surface area contributed by atoms with Gasteiger partial charge in [0.05, 0.1) is 17.0 Å². The first-order chi connectivity index (χ1) is 13.6. The zero-order valence-electron chi connectivity index (χ0n) is 15.6. The quantitative estimate of drug-likeness (QED) is 0.512. The van der Waals surface area contributed by atoms with Crippen LogP contribution in [0.5, 0.6) is 0 Å². The van der Waals surface area contributed by atoms with Gasteiger partial charge in [0.2, 0.25) is 0 Å². The van der Waals surface area contributed by atoms with Gasteiger partial charge in [-0.25, -0.2) is 0 Å². The Morgan fingerprint density at radius 2 is 2.07 bits per heavy atom. The van der Waals surface area contributed by atoms with Crippen LogP contribution < -0.4 is 11.1 Å². The summed E-state index contributed by atoms with van der Waals surface area (Å²) in [6.07, 6.45) is 8.55. The minimum absolute atomic E-state index is 0.126. The Hall–Kier alpha value is -3.12. The molecule has 1 heterocycles. The summed E-state index contributed by atoms with van der Waals surface area (Å²) in [5.41, 5.74) is 9.21. The molecule has 0 fully saturated rings. The van der Waals surface area contributed by atoms with Crippen LogP contribution in [0.15, 0.2) is 81.6 Å². The molecule has 0 saturated carbocycles. The molecule has 0 atom stereocenters. The minimum atomic E-state index is -0.126. The Balaban J connectivity index is 1.77. The number of aliphatic imine (C=N–C) groups is 1. The van der Waals surface area contributed by atoms with Gasteiger partial charge < -0.3 is 16.5 Å². The van der Waals surface area contributed by atoms with Crippen LogP contribution in [0, 0.1) is 5.41 Å². The van der Waals surface area contributed by atoms with Gasteiger partial charge in [0.1, 0.15) is 0 Å². The topological polar surface area (TPSA) is 91.3 Å². The summed E-state index contributed by atoms with van der Waals surface area (Å²) in [7, 11) is 1.62. The van der Waals surface area contributed by atoms with Crippen molar-refractivity contribution in [1.29, 1.82) is 5.41 Å². The van der Waals surface area contributed by atoms with Crippen molar-refractivity contribution >= 4 is 34.8 Å². The van der Waals surface area contributed by atoms with Crippen LogP contribution in [0.3, 0.4) is 0 Å². The zero-order chi connectivity index (χ0) is 19.9. The Morgan fingerprint density at radius 1 is 1.25 bits per heavy atom. The normalized spacial score (nSPS) is 13.4. The number of nitrogen functional groups attached to an aromatic ring is 1. The van der Waals surface area contributed by atoms with Crippen molar-refractivity contribution in [2.24, 2.45) is 4.99 Å². The highest BCUT2D eigenvalue weighted by Crippen LogP contribution is 2.32. The average Bonchev–Trinajstić information content (AvgIpc) is 2.73. The predicted octanol–water partition coefficient (Wildman–Crippen LogP) is 4.10. The van der Waals surface area contributed by atoms with E-state index in [4.69, 9.17) is 11.1 Å². The third kappa shape index (κ3) is 4.78. The van der Waals surface area contributed by atoms with Crippen molar-refractivity contribution < 1.29 is 4.79 Å². The first kappa shape index (κ1) is 19.6. The molecule has 1 aliphatic rings. The van der Waals surface area contributed by atoms with E-state index in [0.717, 1.165) is 28.5 Å². The summed E-state index contributed by atoms with van der Waals surface area (Å²) < 4.78 is 0. The summed E-state index contributed by atoms with van der Waals surface area (Å²) in [6.45, 7) is 0.787. The summed E-state index contributed by atoms with van der Waals surface area (Å²) in [5.74, 6) is -0.126. The number of nitrogens with one attached hydrogen (secondary N) is 2. The van der Waals surface area contributed by atoms with Gasteiger partial charge in [-0.3, -0.25) is 9.79 Å². The highest BCUT2D eigenvalue weighted by molar-refractivity contribution is 7.99. The van der Waals surface area contributed by atoms with Crippen LogP contribution in [-0.2, 0) is 0 Å². The van der Waals surface area contributed by atoms with Gasteiger partial charge in [-0.05, 0) is 55.0 Å². The fourth-order valence-corrected chi connectivity index (χ4v) is 3.74. The van der Waals surface area contributed by atoms with E-state index >= 15 is 0 Å². The smallest absolute Gasteiger partial charge is 0.252 e. The average molecular weight is 391 g/mol. The standard InChI is InChI=1S/C22H22N4OS/c1-25-22(27)18-7-2-3-8-21(18)28-16-10-11-17(20(24)14-16)19(23)12-9-15-6-4-5-13-26-15/h2-4,6-12,14,23H,5,13,24H2,1H3,(H,25,27)/b12-9+,23-19?. The molecule has 0 saturated heterocycles. The predicted molar refractivity (Wildman–Crippen MR) is 117 cm³/mol. The molecule has 4 N–H and O–H groups in total. The van der Waals surface area contributed by atoms with Crippen molar-refractivity contribution in [3.8, 4) is 0 Å². The first-order valence-electron chi connectivity index (χ1n) is 8.95. The number of benzene rings is 2. The van der Waals surface area contributed by atoms with Crippen molar-refractivity contribution in [3.63, 3.8) is 0 Å². The van der Waals surface area contributed by atoms with Crippen LogP contribution in [-0.4, -0.2) is 30.9 Å². The maximum Gasteiger partial charge on any atom is 0.252 e. The molecule has 1 amide bonds. The molecule has 5 nitrogen and oxygen atoms in total. The summed E-state index contributed by atoms with van der Waals surface area (Å²) in [5, 5.41) is 10.9. The Morgan fingerprint density at radius 3 is 2.79 bits per heavy atom. The maximum atomic E-state index is 12.0. The molecular formula is C22H22N4OS. The van der Waals surface area contributed by atoms with Crippen molar-refractivity contribution in [2.45, 2.75) is 16.2 Å². The van der Waals surface area contributed by atoms with Gasteiger partial charge in [-0.1, -0.05) is 30.0 Å². The highest BCUT2D eigenvalue weighted by atomic mass is 32.2. The van der Waals surface area contributed by atoms with Gasteiger partial charge in [-0.15, -0.1) is 0 Å². The number of allylic oxidation sites excluding steroid dienone is 3. The van der Waals surface area contributed by atoms with E-state index in [-0.39, 0.29) is 5.91 Å². The molecule has 0 unspecified atom stereocenters. The summed E-state index contributed by atoms with van der Waals surface area (Å²) in [6, 6.07) is 13.0. The van der Waals surface area contributed by atoms with Crippen molar-refractivity contribution in [3.05, 3.63) is 77.9 Å². The second-order valence-corrected chi connectivity index (χ2v) is 7.29. The Labute approximate surface area is 169 Å². The van der Waals surface area contributed by atoms with E-state index in [2.05, 4.69) is 16.4 Å². The van der Waals surface area contributed by atoms with Crippen LogP contribution >= 0.6 is 11.8 Å². The molecule has 142 valence electrons. The zero-order valence-corrected chi connectivity index (χ0v) is 16.4. The molecule has 0 aliphatic carbocycles. The Kier molecular flexibility index (Phi) is 6.45.